The summed E-state index contributed by atoms with van der Waals surface area (Å²) >= 11 is 0. The van der Waals surface area contributed by atoms with Gasteiger partial charge in [0.05, 0.1) is 29.7 Å². The summed E-state index contributed by atoms with van der Waals surface area (Å²) < 4.78 is 12.8. The summed E-state index contributed by atoms with van der Waals surface area (Å²) in [6.07, 6.45) is 3.69. The average molecular weight is 430 g/mol. The number of aromatic nitrogens is 4. The molecule has 1 N–H and O–H groups in total. The number of rotatable bonds is 5. The Balaban J connectivity index is 1.66. The predicted molar refractivity (Wildman–Crippen MR) is 114 cm³/mol. The lowest BCUT2D eigenvalue weighted by molar-refractivity contribution is 0.0987. The van der Waals surface area contributed by atoms with Crippen LogP contribution in [-0.2, 0) is 11.8 Å². The van der Waals surface area contributed by atoms with E-state index in [0.29, 0.717) is 5.65 Å². The summed E-state index contributed by atoms with van der Waals surface area (Å²) in [5.74, 6) is -0.671. The van der Waals surface area contributed by atoms with Gasteiger partial charge in [-0.1, -0.05) is 30.3 Å². The molecule has 4 rings (SSSR count). The van der Waals surface area contributed by atoms with E-state index in [1.807, 2.05) is 36.5 Å². The molecule has 10 nitrogen and oxygen atoms in total. The monoisotopic (exact) mass is 430 g/mol. The van der Waals surface area contributed by atoms with E-state index in [1.165, 1.54) is 17.9 Å². The van der Waals surface area contributed by atoms with Gasteiger partial charge < -0.3 is 19.2 Å². The van der Waals surface area contributed by atoms with Crippen molar-refractivity contribution in [3.8, 4) is 23.1 Å². The highest BCUT2D eigenvalue weighted by Crippen LogP contribution is 2.25. The van der Waals surface area contributed by atoms with Crippen molar-refractivity contribution in [3.63, 3.8) is 0 Å². The number of carbonyl (C=O) groups is 2. The van der Waals surface area contributed by atoms with Crippen LogP contribution in [0.1, 0.15) is 23.0 Å². The second kappa shape index (κ2) is 8.61. The molecule has 3 aromatic heterocycles. The number of fused-ring (bicyclic) bond motifs is 1. The maximum atomic E-state index is 12.9. The van der Waals surface area contributed by atoms with Crippen LogP contribution in [0.3, 0.4) is 0 Å². The lowest BCUT2D eigenvalue weighted by atomic mass is 10.2. The van der Waals surface area contributed by atoms with E-state index in [9.17, 15) is 14.9 Å². The fourth-order valence-electron chi connectivity index (χ4n) is 3.14. The molecular formula is C22H18N6O4. The van der Waals surface area contributed by atoms with E-state index in [0.717, 1.165) is 11.3 Å². The number of hydrogen-bond acceptors (Lipinski definition) is 7. The second-order valence-electron chi connectivity index (χ2n) is 6.69. The highest BCUT2D eigenvalue weighted by molar-refractivity contribution is 6.06. The molecule has 0 radical (unpaired) electrons. The molecule has 1 aromatic carbocycles. The number of hydrogen-bond donors (Lipinski definition) is 1. The first-order valence-corrected chi connectivity index (χ1v) is 9.66. The SMILES string of the molecule is CCOC(=O)Oc1cnn(C)c1C(=O)Nc1cc2nc(-c3ccccc3)cn2cc1C#N. The van der Waals surface area contributed by atoms with E-state index in [2.05, 4.69) is 21.5 Å². The van der Waals surface area contributed by atoms with Crippen molar-refractivity contribution in [2.45, 2.75) is 6.92 Å². The first-order chi connectivity index (χ1) is 15.5. The van der Waals surface area contributed by atoms with Gasteiger partial charge in [-0.05, 0) is 6.92 Å². The van der Waals surface area contributed by atoms with Crippen molar-refractivity contribution in [1.29, 1.82) is 5.26 Å². The van der Waals surface area contributed by atoms with Gasteiger partial charge in [-0.2, -0.15) is 10.4 Å². The molecule has 3 heterocycles. The van der Waals surface area contributed by atoms with Crippen LogP contribution in [0.4, 0.5) is 10.5 Å². The van der Waals surface area contributed by atoms with Crippen LogP contribution in [0.5, 0.6) is 5.75 Å². The van der Waals surface area contributed by atoms with Crippen molar-refractivity contribution in [3.05, 3.63) is 66.2 Å². The Kier molecular flexibility index (Phi) is 5.55. The van der Waals surface area contributed by atoms with Gasteiger partial charge in [-0.3, -0.25) is 9.48 Å². The van der Waals surface area contributed by atoms with Crippen LogP contribution in [0.2, 0.25) is 0 Å². The van der Waals surface area contributed by atoms with Crippen LogP contribution in [-0.4, -0.2) is 37.8 Å². The van der Waals surface area contributed by atoms with Crippen LogP contribution in [0.25, 0.3) is 16.9 Å². The normalized spacial score (nSPS) is 10.5. The van der Waals surface area contributed by atoms with Gasteiger partial charge in [0, 0.05) is 31.1 Å². The summed E-state index contributed by atoms with van der Waals surface area (Å²) in [6, 6.07) is 13.3. The molecule has 0 aliphatic carbocycles. The van der Waals surface area contributed by atoms with Crippen LogP contribution < -0.4 is 10.1 Å². The minimum absolute atomic E-state index is 0.00451. The molecule has 32 heavy (non-hydrogen) atoms. The van der Waals surface area contributed by atoms with Crippen molar-refractivity contribution in [1.82, 2.24) is 19.2 Å². The Morgan fingerprint density at radius 3 is 2.72 bits per heavy atom. The molecule has 0 fully saturated rings. The minimum Gasteiger partial charge on any atom is -0.434 e. The molecular weight excluding hydrogens is 412 g/mol. The van der Waals surface area contributed by atoms with Gasteiger partial charge in [0.1, 0.15) is 11.7 Å². The third kappa shape index (κ3) is 3.99. The van der Waals surface area contributed by atoms with Crippen LogP contribution >= 0.6 is 0 Å². The van der Waals surface area contributed by atoms with E-state index >= 15 is 0 Å². The van der Waals surface area contributed by atoms with Gasteiger partial charge in [0.15, 0.2) is 11.4 Å². The average Bonchev–Trinajstić information content (AvgIpc) is 3.36. The smallest absolute Gasteiger partial charge is 0.434 e. The van der Waals surface area contributed by atoms with Crippen molar-refractivity contribution < 1.29 is 19.1 Å². The molecule has 0 bridgehead atoms. The molecule has 10 heteroatoms. The quantitative estimate of drug-likeness (QED) is 0.481. The molecule has 0 atom stereocenters. The fourth-order valence-corrected chi connectivity index (χ4v) is 3.14. The fraction of sp³-hybridized carbons (Fsp3) is 0.136. The number of pyridine rings is 1. The number of nitriles is 1. The van der Waals surface area contributed by atoms with Crippen molar-refractivity contribution in [2.75, 3.05) is 11.9 Å². The van der Waals surface area contributed by atoms with E-state index in [-0.39, 0.29) is 29.3 Å². The third-order valence-corrected chi connectivity index (χ3v) is 4.61. The summed E-state index contributed by atoms with van der Waals surface area (Å²) in [6.45, 7) is 1.76. The van der Waals surface area contributed by atoms with E-state index < -0.39 is 12.1 Å². The number of aryl methyl sites for hydroxylation is 1. The van der Waals surface area contributed by atoms with Crippen molar-refractivity contribution >= 4 is 23.4 Å². The Hall–Kier alpha value is -4.65. The number of amides is 1. The number of anilines is 1. The Morgan fingerprint density at radius 2 is 2.00 bits per heavy atom. The first kappa shape index (κ1) is 20.6. The lowest BCUT2D eigenvalue weighted by Crippen LogP contribution is -2.19. The minimum atomic E-state index is -0.945. The highest BCUT2D eigenvalue weighted by Gasteiger charge is 2.22. The zero-order valence-corrected chi connectivity index (χ0v) is 17.3. The van der Waals surface area contributed by atoms with Gasteiger partial charge >= 0.3 is 6.16 Å². The van der Waals surface area contributed by atoms with Gasteiger partial charge in [0.2, 0.25) is 0 Å². The summed E-state index contributed by atoms with van der Waals surface area (Å²) in [5, 5.41) is 16.2. The van der Waals surface area contributed by atoms with Crippen LogP contribution in [0, 0.1) is 11.3 Å². The number of benzene rings is 1. The molecule has 4 aromatic rings. The summed E-state index contributed by atoms with van der Waals surface area (Å²) in [7, 11) is 1.53. The summed E-state index contributed by atoms with van der Waals surface area (Å²) in [4.78, 5) is 29.2. The van der Waals surface area contributed by atoms with Gasteiger partial charge in [0.25, 0.3) is 5.91 Å². The predicted octanol–water partition coefficient (Wildman–Crippen LogP) is 3.39. The Bertz CT molecular complexity index is 1350. The van der Waals surface area contributed by atoms with Crippen LogP contribution in [0.15, 0.2) is 55.0 Å². The standard InChI is InChI=1S/C22H18N6O4/c1-3-31-22(30)32-18-11-24-27(2)20(18)21(29)26-16-9-19-25-17(14-7-5-4-6-8-14)13-28(19)12-15(16)10-23/h4-9,11-13H,3H2,1-2H3,(H,26,29). The molecule has 160 valence electrons. The molecule has 0 saturated carbocycles. The second-order valence-corrected chi connectivity index (χ2v) is 6.69. The number of carbonyl (C=O) groups excluding carboxylic acids is 2. The summed E-state index contributed by atoms with van der Waals surface area (Å²) in [5.41, 5.74) is 2.70. The van der Waals surface area contributed by atoms with E-state index in [1.54, 1.807) is 23.6 Å². The van der Waals surface area contributed by atoms with Crippen molar-refractivity contribution in [2.24, 2.45) is 7.05 Å². The number of nitrogens with zero attached hydrogens (tertiary/aromatic N) is 5. The molecule has 0 saturated heterocycles. The topological polar surface area (TPSA) is 124 Å². The van der Waals surface area contributed by atoms with Gasteiger partial charge in [-0.15, -0.1) is 0 Å². The third-order valence-electron chi connectivity index (χ3n) is 4.61. The maximum absolute atomic E-state index is 12.9. The molecule has 0 aliphatic rings. The lowest BCUT2D eigenvalue weighted by Gasteiger charge is -2.09. The highest BCUT2D eigenvalue weighted by atomic mass is 16.7. The number of ether oxygens (including phenoxy) is 2. The molecule has 0 unspecified atom stereocenters. The zero-order valence-electron chi connectivity index (χ0n) is 17.3. The van der Waals surface area contributed by atoms with Gasteiger partial charge in [-0.25, -0.2) is 9.78 Å². The van der Waals surface area contributed by atoms with E-state index in [4.69, 9.17) is 9.47 Å². The number of imidazole rings is 1. The molecule has 0 spiro atoms. The largest absolute Gasteiger partial charge is 0.513 e. The number of nitrogens with one attached hydrogen (secondary N) is 1. The zero-order chi connectivity index (χ0) is 22.7. The molecule has 0 aliphatic heterocycles. The first-order valence-electron chi connectivity index (χ1n) is 9.66. The Labute approximate surface area is 182 Å². The maximum Gasteiger partial charge on any atom is 0.513 e. The molecule has 1 amide bonds. The Morgan fingerprint density at radius 1 is 1.22 bits per heavy atom.